The van der Waals surface area contributed by atoms with Crippen molar-refractivity contribution in [2.75, 3.05) is 0 Å². The third kappa shape index (κ3) is 6.43. The summed E-state index contributed by atoms with van der Waals surface area (Å²) in [6, 6.07) is 26.0. The Morgan fingerprint density at radius 2 is 1.04 bits per heavy atom. The Hall–Kier alpha value is -2.60. The lowest BCUT2D eigenvalue weighted by molar-refractivity contribution is 1.12. The topological polar surface area (TPSA) is 0 Å². The highest BCUT2D eigenvalue weighted by atomic mass is 14.0. The molecule has 0 unspecified atom stereocenters. The van der Waals surface area contributed by atoms with Crippen LogP contribution < -0.4 is 0 Å². The van der Waals surface area contributed by atoms with E-state index in [1.165, 1.54) is 33.4 Å². The largest absolute Gasteiger partial charge is 0.0985 e. The van der Waals surface area contributed by atoms with Crippen LogP contribution in [0.5, 0.6) is 0 Å². The lowest BCUT2D eigenvalue weighted by Gasteiger charge is -2.03. The van der Waals surface area contributed by atoms with E-state index in [1.54, 1.807) is 0 Å². The van der Waals surface area contributed by atoms with E-state index >= 15 is 0 Å². The Balaban J connectivity index is 0.000000212. The monoisotopic (exact) mass is 328 g/mol. The summed E-state index contributed by atoms with van der Waals surface area (Å²) in [4.78, 5) is 0. The third-order valence-corrected chi connectivity index (χ3v) is 4.27. The number of hydrogen-bond donors (Lipinski definition) is 0. The summed E-state index contributed by atoms with van der Waals surface area (Å²) in [5.41, 5.74) is 7.98. The second kappa shape index (κ2) is 9.64. The molecule has 0 bridgehead atoms. The van der Waals surface area contributed by atoms with Gasteiger partial charge >= 0.3 is 0 Å². The van der Waals surface area contributed by atoms with Crippen LogP contribution >= 0.6 is 0 Å². The van der Waals surface area contributed by atoms with Gasteiger partial charge in [0.25, 0.3) is 0 Å². The fraction of sp³-hybridized carbons (Fsp3) is 0.200. The van der Waals surface area contributed by atoms with Crippen molar-refractivity contribution >= 4 is 6.08 Å². The first kappa shape index (κ1) is 18.7. The molecule has 0 aliphatic carbocycles. The van der Waals surface area contributed by atoms with E-state index in [1.807, 2.05) is 6.08 Å². The SMILES string of the molecule is C=Cc1ccc(C)cc1.CCc1ccc(Cc2ccc(C)cc2)cc1. The van der Waals surface area contributed by atoms with E-state index in [4.69, 9.17) is 0 Å². The van der Waals surface area contributed by atoms with Crippen LogP contribution in [0.2, 0.25) is 0 Å². The van der Waals surface area contributed by atoms with Gasteiger partial charge < -0.3 is 0 Å². The van der Waals surface area contributed by atoms with Crippen molar-refractivity contribution in [1.82, 2.24) is 0 Å². The molecule has 0 spiro atoms. The summed E-state index contributed by atoms with van der Waals surface area (Å²) in [6.45, 7) is 10.1. The van der Waals surface area contributed by atoms with E-state index in [0.29, 0.717) is 0 Å². The molecular weight excluding hydrogens is 300 g/mol. The second-order valence-corrected chi connectivity index (χ2v) is 6.45. The minimum Gasteiger partial charge on any atom is -0.0985 e. The first-order chi connectivity index (χ1) is 12.1. The van der Waals surface area contributed by atoms with Gasteiger partial charge in [0.2, 0.25) is 0 Å². The van der Waals surface area contributed by atoms with E-state index in [2.05, 4.69) is 100 Å². The molecule has 0 aliphatic heterocycles. The summed E-state index contributed by atoms with van der Waals surface area (Å²) >= 11 is 0. The third-order valence-electron chi connectivity index (χ3n) is 4.27. The Bertz CT molecular complexity index is 760. The van der Waals surface area contributed by atoms with Gasteiger partial charge in [-0.1, -0.05) is 104 Å². The molecule has 0 fully saturated rings. The normalized spacial score (nSPS) is 9.88. The molecular formula is C25H28. The molecule has 25 heavy (non-hydrogen) atoms. The zero-order valence-electron chi connectivity index (χ0n) is 15.6. The van der Waals surface area contributed by atoms with Crippen molar-refractivity contribution in [2.45, 2.75) is 33.6 Å². The van der Waals surface area contributed by atoms with Crippen LogP contribution in [0, 0.1) is 13.8 Å². The molecule has 0 heteroatoms. The quantitative estimate of drug-likeness (QED) is 0.495. The first-order valence-corrected chi connectivity index (χ1v) is 8.93. The molecule has 0 radical (unpaired) electrons. The Morgan fingerprint density at radius 3 is 1.48 bits per heavy atom. The molecule has 0 atom stereocenters. The predicted octanol–water partition coefficient (Wildman–Crippen LogP) is 6.79. The van der Waals surface area contributed by atoms with E-state index < -0.39 is 0 Å². The van der Waals surface area contributed by atoms with Crippen LogP contribution in [0.3, 0.4) is 0 Å². The van der Waals surface area contributed by atoms with Gasteiger partial charge in [0, 0.05) is 0 Å². The summed E-state index contributed by atoms with van der Waals surface area (Å²) in [5.74, 6) is 0. The summed E-state index contributed by atoms with van der Waals surface area (Å²) in [5, 5.41) is 0. The second-order valence-electron chi connectivity index (χ2n) is 6.45. The van der Waals surface area contributed by atoms with E-state index in [9.17, 15) is 0 Å². The number of benzene rings is 3. The van der Waals surface area contributed by atoms with Crippen molar-refractivity contribution in [3.8, 4) is 0 Å². The first-order valence-electron chi connectivity index (χ1n) is 8.93. The Labute approximate surface area is 152 Å². The molecule has 0 nitrogen and oxygen atoms in total. The maximum absolute atomic E-state index is 3.66. The highest BCUT2D eigenvalue weighted by Gasteiger charge is 1.96. The molecule has 128 valence electrons. The van der Waals surface area contributed by atoms with Crippen LogP contribution in [-0.4, -0.2) is 0 Å². The molecule has 0 heterocycles. The van der Waals surface area contributed by atoms with Crippen LogP contribution in [0.1, 0.15) is 40.3 Å². The molecule has 3 aromatic carbocycles. The molecule has 3 aromatic rings. The van der Waals surface area contributed by atoms with Crippen LogP contribution in [0.25, 0.3) is 6.08 Å². The molecule has 0 aliphatic rings. The molecule has 0 saturated carbocycles. The smallest absolute Gasteiger partial charge is 0.00258 e. The van der Waals surface area contributed by atoms with Gasteiger partial charge in [-0.25, -0.2) is 0 Å². The van der Waals surface area contributed by atoms with Crippen LogP contribution in [0.4, 0.5) is 0 Å². The molecule has 3 rings (SSSR count). The average Bonchev–Trinajstić information content (AvgIpc) is 2.65. The van der Waals surface area contributed by atoms with Gasteiger partial charge in [0.05, 0.1) is 0 Å². The van der Waals surface area contributed by atoms with Gasteiger partial charge in [0.15, 0.2) is 0 Å². The molecule has 0 amide bonds. The van der Waals surface area contributed by atoms with Crippen molar-refractivity contribution < 1.29 is 0 Å². The highest BCUT2D eigenvalue weighted by molar-refractivity contribution is 5.46. The minimum absolute atomic E-state index is 1.03. The number of hydrogen-bond acceptors (Lipinski definition) is 0. The maximum atomic E-state index is 3.66. The summed E-state index contributed by atoms with van der Waals surface area (Å²) in [6.07, 6.45) is 3.99. The van der Waals surface area contributed by atoms with Gasteiger partial charge in [-0.2, -0.15) is 0 Å². The molecule has 0 aromatic heterocycles. The standard InChI is InChI=1S/C16H18.C9H10/c1-3-14-8-10-16(11-9-14)12-15-6-4-13(2)5-7-15;1-3-9-6-4-8(2)5-7-9/h4-11H,3,12H2,1-2H3;3-7H,1H2,2H3. The summed E-state index contributed by atoms with van der Waals surface area (Å²) in [7, 11) is 0. The van der Waals surface area contributed by atoms with Crippen molar-refractivity contribution in [3.63, 3.8) is 0 Å². The van der Waals surface area contributed by atoms with Crippen molar-refractivity contribution in [1.29, 1.82) is 0 Å². The minimum atomic E-state index is 1.03. The van der Waals surface area contributed by atoms with Gasteiger partial charge in [-0.05, 0) is 48.9 Å². The van der Waals surface area contributed by atoms with E-state index in [0.717, 1.165) is 12.8 Å². The maximum Gasteiger partial charge on any atom is -0.00258 e. The van der Waals surface area contributed by atoms with Gasteiger partial charge in [-0.3, -0.25) is 0 Å². The highest BCUT2D eigenvalue weighted by Crippen LogP contribution is 2.12. The van der Waals surface area contributed by atoms with Crippen molar-refractivity contribution in [2.24, 2.45) is 0 Å². The fourth-order valence-electron chi connectivity index (χ4n) is 2.54. The Morgan fingerprint density at radius 1 is 0.640 bits per heavy atom. The Kier molecular flexibility index (Phi) is 7.22. The molecule has 0 N–H and O–H groups in total. The fourth-order valence-corrected chi connectivity index (χ4v) is 2.54. The lowest BCUT2D eigenvalue weighted by Crippen LogP contribution is -1.89. The number of rotatable bonds is 4. The van der Waals surface area contributed by atoms with Crippen LogP contribution in [0.15, 0.2) is 79.4 Å². The number of aryl methyl sites for hydroxylation is 3. The van der Waals surface area contributed by atoms with Crippen molar-refractivity contribution in [3.05, 3.63) is 113 Å². The average molecular weight is 328 g/mol. The van der Waals surface area contributed by atoms with Crippen LogP contribution in [-0.2, 0) is 12.8 Å². The lowest BCUT2D eigenvalue weighted by atomic mass is 10.0. The van der Waals surface area contributed by atoms with E-state index in [-0.39, 0.29) is 0 Å². The van der Waals surface area contributed by atoms with Gasteiger partial charge in [0.1, 0.15) is 0 Å². The predicted molar refractivity (Wildman–Crippen MR) is 111 cm³/mol. The van der Waals surface area contributed by atoms with Gasteiger partial charge in [-0.15, -0.1) is 0 Å². The zero-order valence-corrected chi connectivity index (χ0v) is 15.6. The summed E-state index contributed by atoms with van der Waals surface area (Å²) < 4.78 is 0. The zero-order chi connectivity index (χ0) is 18.1. The molecule has 0 saturated heterocycles.